The van der Waals surface area contributed by atoms with Crippen molar-refractivity contribution in [2.45, 2.75) is 25.3 Å². The molecule has 0 unspecified atom stereocenters. The van der Waals surface area contributed by atoms with Crippen molar-refractivity contribution in [3.63, 3.8) is 0 Å². The van der Waals surface area contributed by atoms with Crippen molar-refractivity contribution >= 4 is 16.9 Å². The van der Waals surface area contributed by atoms with E-state index in [4.69, 9.17) is 15.5 Å². The number of anilines is 1. The largest absolute Gasteiger partial charge is 0.381 e. The fourth-order valence-corrected chi connectivity index (χ4v) is 2.60. The van der Waals surface area contributed by atoms with E-state index in [9.17, 15) is 0 Å². The van der Waals surface area contributed by atoms with Gasteiger partial charge in [0.05, 0.1) is 22.3 Å². The van der Waals surface area contributed by atoms with Gasteiger partial charge in [-0.05, 0) is 31.9 Å². The van der Waals surface area contributed by atoms with Gasteiger partial charge in [-0.3, -0.25) is 0 Å². The molecule has 1 aliphatic heterocycles. The molecule has 3 N–H and O–H groups in total. The Morgan fingerprint density at radius 1 is 1.20 bits per heavy atom. The van der Waals surface area contributed by atoms with Gasteiger partial charge < -0.3 is 15.8 Å². The number of rotatable bonds is 3. The van der Waals surface area contributed by atoms with Crippen LogP contribution in [-0.4, -0.2) is 35.3 Å². The molecule has 3 rings (SSSR count). The first-order valence-corrected chi connectivity index (χ1v) is 7.02. The first-order valence-electron chi connectivity index (χ1n) is 7.02. The third-order valence-electron chi connectivity index (χ3n) is 3.97. The number of ether oxygens (including phenoxy) is 1. The van der Waals surface area contributed by atoms with E-state index in [2.05, 4.69) is 10.3 Å². The molecule has 5 nitrogen and oxygen atoms in total. The van der Waals surface area contributed by atoms with Gasteiger partial charge in [0.1, 0.15) is 5.82 Å². The van der Waals surface area contributed by atoms with Crippen LogP contribution in [0.1, 0.15) is 18.5 Å². The summed E-state index contributed by atoms with van der Waals surface area (Å²) < 4.78 is 5.43. The summed E-state index contributed by atoms with van der Waals surface area (Å²) in [5.41, 5.74) is 8.59. The fourth-order valence-electron chi connectivity index (χ4n) is 2.60. The van der Waals surface area contributed by atoms with E-state index < -0.39 is 0 Å². The van der Waals surface area contributed by atoms with E-state index in [-0.39, 0.29) is 5.54 Å². The SMILES string of the molecule is Cc1nc2ccccc2nc1NC1(CN)CCOCC1. The minimum absolute atomic E-state index is 0.125. The molecule has 1 aromatic carbocycles. The summed E-state index contributed by atoms with van der Waals surface area (Å²) in [4.78, 5) is 9.30. The normalized spacial score (nSPS) is 18.1. The maximum atomic E-state index is 5.98. The van der Waals surface area contributed by atoms with Gasteiger partial charge in [-0.1, -0.05) is 12.1 Å². The van der Waals surface area contributed by atoms with Gasteiger partial charge in [-0.15, -0.1) is 0 Å². The van der Waals surface area contributed by atoms with E-state index >= 15 is 0 Å². The maximum absolute atomic E-state index is 5.98. The monoisotopic (exact) mass is 272 g/mol. The van der Waals surface area contributed by atoms with E-state index in [1.54, 1.807) is 0 Å². The lowest BCUT2D eigenvalue weighted by Gasteiger charge is -2.37. The number of hydrogen-bond donors (Lipinski definition) is 2. The maximum Gasteiger partial charge on any atom is 0.148 e. The molecule has 0 saturated carbocycles. The number of hydrogen-bond acceptors (Lipinski definition) is 5. The first kappa shape index (κ1) is 13.3. The smallest absolute Gasteiger partial charge is 0.148 e. The average molecular weight is 272 g/mol. The zero-order valence-corrected chi connectivity index (χ0v) is 11.7. The van der Waals surface area contributed by atoms with Crippen molar-refractivity contribution in [3.8, 4) is 0 Å². The molecule has 20 heavy (non-hydrogen) atoms. The van der Waals surface area contributed by atoms with E-state index in [1.165, 1.54) is 0 Å². The number of aromatic nitrogens is 2. The highest BCUT2D eigenvalue weighted by Gasteiger charge is 2.32. The Kier molecular flexibility index (Phi) is 3.54. The molecule has 0 spiro atoms. The molecule has 1 fully saturated rings. The second-order valence-corrected chi connectivity index (χ2v) is 5.37. The number of fused-ring (bicyclic) bond motifs is 1. The Bertz CT molecular complexity index is 608. The lowest BCUT2D eigenvalue weighted by molar-refractivity contribution is 0.0626. The van der Waals surface area contributed by atoms with Crippen LogP contribution in [0.25, 0.3) is 11.0 Å². The number of nitrogens with one attached hydrogen (secondary N) is 1. The molecule has 1 aromatic heterocycles. The quantitative estimate of drug-likeness (QED) is 0.892. The number of aryl methyl sites for hydroxylation is 1. The molecule has 5 heteroatoms. The summed E-state index contributed by atoms with van der Waals surface area (Å²) in [6.07, 6.45) is 1.80. The predicted molar refractivity (Wildman–Crippen MR) is 79.7 cm³/mol. The fraction of sp³-hybridized carbons (Fsp3) is 0.467. The van der Waals surface area contributed by atoms with Gasteiger partial charge in [0.15, 0.2) is 0 Å². The summed E-state index contributed by atoms with van der Waals surface area (Å²) >= 11 is 0. The molecule has 0 bridgehead atoms. The zero-order chi connectivity index (χ0) is 14.0. The summed E-state index contributed by atoms with van der Waals surface area (Å²) in [5, 5.41) is 3.53. The molecular weight excluding hydrogens is 252 g/mol. The van der Waals surface area contributed by atoms with Gasteiger partial charge in [-0.25, -0.2) is 9.97 Å². The predicted octanol–water partition coefficient (Wildman–Crippen LogP) is 1.86. The Morgan fingerprint density at radius 2 is 1.85 bits per heavy atom. The first-order chi connectivity index (χ1) is 9.72. The van der Waals surface area contributed by atoms with E-state index in [0.717, 1.165) is 48.6 Å². The number of nitrogens with two attached hydrogens (primary N) is 1. The second kappa shape index (κ2) is 5.34. The molecule has 1 saturated heterocycles. The number of para-hydroxylation sites is 2. The Morgan fingerprint density at radius 3 is 2.50 bits per heavy atom. The Labute approximate surface area is 118 Å². The van der Waals surface area contributed by atoms with Crippen LogP contribution in [0.3, 0.4) is 0 Å². The number of benzene rings is 1. The minimum atomic E-state index is -0.125. The topological polar surface area (TPSA) is 73.1 Å². The van der Waals surface area contributed by atoms with Crippen LogP contribution in [0.5, 0.6) is 0 Å². The summed E-state index contributed by atoms with van der Waals surface area (Å²) in [6.45, 7) is 4.03. The molecule has 1 aliphatic rings. The molecule has 0 atom stereocenters. The molecule has 2 heterocycles. The van der Waals surface area contributed by atoms with Crippen LogP contribution in [0.2, 0.25) is 0 Å². The van der Waals surface area contributed by atoms with Crippen molar-refractivity contribution in [1.82, 2.24) is 9.97 Å². The molecule has 0 radical (unpaired) electrons. The molecule has 2 aromatic rings. The third-order valence-corrected chi connectivity index (χ3v) is 3.97. The second-order valence-electron chi connectivity index (χ2n) is 5.37. The van der Waals surface area contributed by atoms with Crippen molar-refractivity contribution < 1.29 is 4.74 Å². The van der Waals surface area contributed by atoms with Crippen molar-refractivity contribution in [1.29, 1.82) is 0 Å². The highest BCUT2D eigenvalue weighted by Crippen LogP contribution is 2.26. The molecular formula is C15H20N4O. The van der Waals surface area contributed by atoms with Crippen LogP contribution in [0.4, 0.5) is 5.82 Å². The summed E-state index contributed by atoms with van der Waals surface area (Å²) in [7, 11) is 0. The number of nitrogens with zero attached hydrogens (tertiary/aromatic N) is 2. The molecule has 0 amide bonds. The Balaban J connectivity index is 1.95. The van der Waals surface area contributed by atoms with Crippen molar-refractivity contribution in [2.75, 3.05) is 25.1 Å². The van der Waals surface area contributed by atoms with Crippen LogP contribution in [0.15, 0.2) is 24.3 Å². The minimum Gasteiger partial charge on any atom is -0.381 e. The lowest BCUT2D eigenvalue weighted by atomic mass is 9.90. The van der Waals surface area contributed by atoms with E-state index in [0.29, 0.717) is 6.54 Å². The summed E-state index contributed by atoms with van der Waals surface area (Å²) in [6, 6.07) is 7.91. The van der Waals surface area contributed by atoms with Crippen LogP contribution in [-0.2, 0) is 4.74 Å². The van der Waals surface area contributed by atoms with Gasteiger partial charge >= 0.3 is 0 Å². The summed E-state index contributed by atoms with van der Waals surface area (Å²) in [5.74, 6) is 0.830. The highest BCUT2D eigenvalue weighted by atomic mass is 16.5. The molecule has 0 aliphatic carbocycles. The van der Waals surface area contributed by atoms with Gasteiger partial charge in [0.25, 0.3) is 0 Å². The average Bonchev–Trinajstić information content (AvgIpc) is 2.49. The van der Waals surface area contributed by atoms with Crippen molar-refractivity contribution in [2.24, 2.45) is 5.73 Å². The molecule has 106 valence electrons. The van der Waals surface area contributed by atoms with Gasteiger partial charge in [0, 0.05) is 19.8 Å². The van der Waals surface area contributed by atoms with Crippen LogP contribution < -0.4 is 11.1 Å². The standard InChI is InChI=1S/C15H20N4O/c1-11-14(18-13-5-3-2-4-12(13)17-11)19-15(10-16)6-8-20-9-7-15/h2-5H,6-10,16H2,1H3,(H,18,19). The van der Waals surface area contributed by atoms with Crippen LogP contribution in [0, 0.1) is 6.92 Å². The highest BCUT2D eigenvalue weighted by molar-refractivity contribution is 5.76. The lowest BCUT2D eigenvalue weighted by Crippen LogP contribution is -2.50. The van der Waals surface area contributed by atoms with Gasteiger partial charge in [0.2, 0.25) is 0 Å². The van der Waals surface area contributed by atoms with Gasteiger partial charge in [-0.2, -0.15) is 0 Å². The van der Waals surface area contributed by atoms with Crippen molar-refractivity contribution in [3.05, 3.63) is 30.0 Å². The third kappa shape index (κ3) is 2.46. The van der Waals surface area contributed by atoms with E-state index in [1.807, 2.05) is 31.2 Å². The van der Waals surface area contributed by atoms with Crippen LogP contribution >= 0.6 is 0 Å². The zero-order valence-electron chi connectivity index (χ0n) is 11.7. The Hall–Kier alpha value is -1.72.